The smallest absolute Gasteiger partial charge is 0.261 e. The molecule has 0 saturated carbocycles. The maximum atomic E-state index is 12.3. The quantitative estimate of drug-likeness (QED) is 0.0357. The minimum atomic E-state index is -0.134. The standard InChI is InChI=1S/C23H35NO3.C15H31IO/c1-2-3-4-13-18-27-19-14-9-7-5-6-8-12-17-24-22(25)20-15-10-11-16-21(20)23(24)26;1-2-3-4-11-14-17-15-12-9-7-5-6-8-10-13-16/h10-11,15-16H,2-9,12-14,17-19H2,1H3;2-15H2,1H3. The van der Waals surface area contributed by atoms with Crippen LogP contribution in [-0.2, 0) is 9.47 Å². The highest BCUT2D eigenvalue weighted by Crippen LogP contribution is 2.23. The van der Waals surface area contributed by atoms with Crippen LogP contribution >= 0.6 is 22.6 Å². The predicted octanol–water partition coefficient (Wildman–Crippen LogP) is 11.4. The highest BCUT2D eigenvalue weighted by molar-refractivity contribution is 14.1. The van der Waals surface area contributed by atoms with E-state index in [9.17, 15) is 9.59 Å². The number of benzene rings is 1. The summed E-state index contributed by atoms with van der Waals surface area (Å²) >= 11 is 2.47. The molecule has 254 valence electrons. The summed E-state index contributed by atoms with van der Waals surface area (Å²) in [5.74, 6) is -0.268. The van der Waals surface area contributed by atoms with Crippen molar-refractivity contribution in [2.45, 2.75) is 155 Å². The van der Waals surface area contributed by atoms with Gasteiger partial charge >= 0.3 is 0 Å². The minimum absolute atomic E-state index is 0.134. The maximum absolute atomic E-state index is 12.3. The molecule has 0 spiro atoms. The number of imide groups is 1. The van der Waals surface area contributed by atoms with E-state index in [4.69, 9.17) is 9.47 Å². The van der Waals surface area contributed by atoms with Crippen LogP contribution in [0.5, 0.6) is 0 Å². The van der Waals surface area contributed by atoms with E-state index < -0.39 is 0 Å². The van der Waals surface area contributed by atoms with Gasteiger partial charge in [-0.05, 0) is 55.1 Å². The molecule has 1 heterocycles. The number of hydrogen-bond donors (Lipinski definition) is 0. The molecule has 1 aliphatic rings. The second-order valence-corrected chi connectivity index (χ2v) is 13.4. The van der Waals surface area contributed by atoms with Gasteiger partial charge in [-0.25, -0.2) is 0 Å². The molecule has 0 unspecified atom stereocenters. The molecule has 0 radical (unpaired) electrons. The molecule has 6 heteroatoms. The normalized spacial score (nSPS) is 12.5. The van der Waals surface area contributed by atoms with Gasteiger partial charge in [-0.3, -0.25) is 14.5 Å². The van der Waals surface area contributed by atoms with Crippen LogP contribution in [0.25, 0.3) is 0 Å². The molecule has 1 aliphatic heterocycles. The number of rotatable bonds is 29. The Labute approximate surface area is 285 Å². The van der Waals surface area contributed by atoms with Crippen LogP contribution in [-0.4, -0.2) is 54.1 Å². The van der Waals surface area contributed by atoms with Crippen molar-refractivity contribution in [3.8, 4) is 0 Å². The number of amides is 2. The molecular weight excluding hydrogens is 661 g/mol. The molecule has 0 bridgehead atoms. The maximum Gasteiger partial charge on any atom is 0.261 e. The topological polar surface area (TPSA) is 55.8 Å². The Kier molecular flexibility index (Phi) is 28.6. The first-order valence-corrected chi connectivity index (χ1v) is 19.9. The van der Waals surface area contributed by atoms with Crippen LogP contribution in [0.15, 0.2) is 24.3 Å². The number of fused-ring (bicyclic) bond motifs is 1. The molecule has 2 amide bonds. The van der Waals surface area contributed by atoms with Crippen molar-refractivity contribution >= 4 is 34.4 Å². The van der Waals surface area contributed by atoms with Gasteiger partial charge in [0.15, 0.2) is 0 Å². The van der Waals surface area contributed by atoms with Gasteiger partial charge in [0.1, 0.15) is 0 Å². The zero-order valence-corrected chi connectivity index (χ0v) is 30.7. The lowest BCUT2D eigenvalue weighted by Gasteiger charge is -2.13. The number of unbranched alkanes of at least 4 members (excludes halogenated alkanes) is 18. The Morgan fingerprint density at radius 1 is 0.500 bits per heavy atom. The van der Waals surface area contributed by atoms with Crippen molar-refractivity contribution in [1.29, 1.82) is 0 Å². The van der Waals surface area contributed by atoms with Crippen LogP contribution in [0.3, 0.4) is 0 Å². The van der Waals surface area contributed by atoms with E-state index in [0.29, 0.717) is 17.7 Å². The van der Waals surface area contributed by atoms with Gasteiger partial charge in [-0.15, -0.1) is 0 Å². The van der Waals surface area contributed by atoms with Crippen LogP contribution in [0.4, 0.5) is 0 Å². The van der Waals surface area contributed by atoms with Gasteiger partial charge < -0.3 is 9.47 Å². The van der Waals surface area contributed by atoms with E-state index in [-0.39, 0.29) is 11.8 Å². The van der Waals surface area contributed by atoms with Crippen molar-refractivity contribution in [1.82, 2.24) is 4.90 Å². The zero-order chi connectivity index (χ0) is 31.9. The van der Waals surface area contributed by atoms with Crippen molar-refractivity contribution in [3.63, 3.8) is 0 Å². The minimum Gasteiger partial charge on any atom is -0.381 e. The molecule has 0 saturated heterocycles. The fourth-order valence-corrected chi connectivity index (χ4v) is 5.99. The fraction of sp³-hybridized carbons (Fsp3) is 0.789. The first kappa shape index (κ1) is 41.0. The van der Waals surface area contributed by atoms with Crippen molar-refractivity contribution in [2.75, 3.05) is 37.4 Å². The van der Waals surface area contributed by atoms with Gasteiger partial charge in [0, 0.05) is 33.0 Å². The van der Waals surface area contributed by atoms with Crippen molar-refractivity contribution in [3.05, 3.63) is 35.4 Å². The first-order valence-electron chi connectivity index (χ1n) is 18.3. The number of hydrogen-bond acceptors (Lipinski definition) is 4. The molecule has 1 aromatic rings. The highest BCUT2D eigenvalue weighted by Gasteiger charge is 2.34. The number of halogens is 1. The molecule has 0 aliphatic carbocycles. The lowest BCUT2D eigenvalue weighted by Crippen LogP contribution is -2.30. The second-order valence-electron chi connectivity index (χ2n) is 12.3. The first-order chi connectivity index (χ1) is 21.7. The van der Waals surface area contributed by atoms with E-state index in [2.05, 4.69) is 36.4 Å². The van der Waals surface area contributed by atoms with Crippen LogP contribution < -0.4 is 0 Å². The van der Waals surface area contributed by atoms with Gasteiger partial charge in [-0.1, -0.05) is 151 Å². The van der Waals surface area contributed by atoms with Crippen molar-refractivity contribution < 1.29 is 19.1 Å². The van der Waals surface area contributed by atoms with Crippen LogP contribution in [0.2, 0.25) is 0 Å². The number of carbonyl (C=O) groups is 2. The van der Waals surface area contributed by atoms with Crippen LogP contribution in [0.1, 0.15) is 176 Å². The van der Waals surface area contributed by atoms with Gasteiger partial charge in [0.05, 0.1) is 11.1 Å². The molecular formula is C38H66INO4. The third kappa shape index (κ3) is 20.9. The zero-order valence-electron chi connectivity index (χ0n) is 28.6. The molecule has 5 nitrogen and oxygen atoms in total. The third-order valence-corrected chi connectivity index (χ3v) is 9.02. The van der Waals surface area contributed by atoms with E-state index >= 15 is 0 Å². The van der Waals surface area contributed by atoms with Gasteiger partial charge in [0.25, 0.3) is 11.8 Å². The summed E-state index contributed by atoms with van der Waals surface area (Å²) in [7, 11) is 0. The van der Waals surface area contributed by atoms with E-state index in [1.54, 1.807) is 12.1 Å². The lowest BCUT2D eigenvalue weighted by atomic mass is 10.1. The Morgan fingerprint density at radius 2 is 0.841 bits per heavy atom. The largest absolute Gasteiger partial charge is 0.381 e. The molecule has 0 atom stereocenters. The Balaban J connectivity index is 0.000000493. The molecule has 1 aromatic carbocycles. The van der Waals surface area contributed by atoms with E-state index in [1.165, 1.54) is 131 Å². The average molecular weight is 728 g/mol. The summed E-state index contributed by atoms with van der Waals surface area (Å²) in [5.41, 5.74) is 1.10. The molecule has 0 aromatic heterocycles. The summed E-state index contributed by atoms with van der Waals surface area (Å²) < 4.78 is 12.6. The summed E-state index contributed by atoms with van der Waals surface area (Å²) in [5, 5.41) is 0. The summed E-state index contributed by atoms with van der Waals surface area (Å²) in [6, 6.07) is 7.10. The summed E-state index contributed by atoms with van der Waals surface area (Å²) in [4.78, 5) is 25.9. The highest BCUT2D eigenvalue weighted by atomic mass is 127. The number of ether oxygens (including phenoxy) is 2. The molecule has 44 heavy (non-hydrogen) atoms. The van der Waals surface area contributed by atoms with Gasteiger partial charge in [-0.2, -0.15) is 0 Å². The Hall–Kier alpha value is -0.990. The molecule has 0 N–H and O–H groups in total. The molecule has 2 rings (SSSR count). The van der Waals surface area contributed by atoms with E-state index in [1.807, 2.05) is 12.1 Å². The second kappa shape index (κ2) is 30.7. The number of carbonyl (C=O) groups excluding carboxylic acids is 2. The monoisotopic (exact) mass is 727 g/mol. The number of nitrogens with zero attached hydrogens (tertiary/aromatic N) is 1. The average Bonchev–Trinajstić information content (AvgIpc) is 3.28. The van der Waals surface area contributed by atoms with Crippen LogP contribution in [0, 0.1) is 0 Å². The Morgan fingerprint density at radius 3 is 1.23 bits per heavy atom. The SMILES string of the molecule is CCCCCCOCCCCCCCCCI.CCCCCCOCCCCCCCCCN1C(=O)c2ccccc2C1=O. The Bertz CT molecular complexity index is 769. The third-order valence-electron chi connectivity index (χ3n) is 8.26. The van der Waals surface area contributed by atoms with Crippen molar-refractivity contribution in [2.24, 2.45) is 0 Å². The number of alkyl halides is 1. The lowest BCUT2D eigenvalue weighted by molar-refractivity contribution is 0.0651. The summed E-state index contributed by atoms with van der Waals surface area (Å²) in [6.45, 7) is 8.80. The van der Waals surface area contributed by atoms with E-state index in [0.717, 1.165) is 45.7 Å². The van der Waals surface area contributed by atoms with Gasteiger partial charge in [0.2, 0.25) is 0 Å². The molecule has 0 fully saturated rings. The fourth-order valence-electron chi connectivity index (χ4n) is 5.45. The predicted molar refractivity (Wildman–Crippen MR) is 195 cm³/mol. The summed E-state index contributed by atoms with van der Waals surface area (Å²) in [6.07, 6.45) is 28.0.